The average molecular weight is 412 g/mol. The minimum absolute atomic E-state index is 0.103. The van der Waals surface area contributed by atoms with E-state index in [0.29, 0.717) is 18.6 Å². The van der Waals surface area contributed by atoms with Crippen molar-refractivity contribution in [2.45, 2.75) is 56.9 Å². The van der Waals surface area contributed by atoms with Gasteiger partial charge in [0.15, 0.2) is 0 Å². The minimum Gasteiger partial charge on any atom is -0.449 e. The van der Waals surface area contributed by atoms with Crippen LogP contribution in [0.2, 0.25) is 0 Å². The second-order valence-electron chi connectivity index (χ2n) is 9.68. The maximum Gasteiger partial charge on any atom is 0.409 e. The Morgan fingerprint density at radius 2 is 1.73 bits per heavy atom. The first-order valence-corrected chi connectivity index (χ1v) is 11.6. The Labute approximate surface area is 179 Å². The molecule has 2 amide bonds. The summed E-state index contributed by atoms with van der Waals surface area (Å²) in [6.07, 6.45) is 6.55. The van der Waals surface area contributed by atoms with Gasteiger partial charge in [-0.2, -0.15) is 0 Å². The van der Waals surface area contributed by atoms with Gasteiger partial charge in [0.25, 0.3) is 0 Å². The van der Waals surface area contributed by atoms with Crippen molar-refractivity contribution in [1.82, 2.24) is 9.80 Å². The van der Waals surface area contributed by atoms with E-state index in [9.17, 15) is 9.59 Å². The SMILES string of the molecule is CC(=O)N1CC2(CCN(C3CCN(C(=O)OCC4CC4)CC3)CC2)c2ccccc21. The lowest BCUT2D eigenvalue weighted by Crippen LogP contribution is -2.52. The Kier molecular flexibility index (Phi) is 5.21. The summed E-state index contributed by atoms with van der Waals surface area (Å²) in [5.41, 5.74) is 2.57. The Balaban J connectivity index is 1.16. The number of benzene rings is 1. The predicted octanol–water partition coefficient (Wildman–Crippen LogP) is 3.40. The van der Waals surface area contributed by atoms with E-state index in [-0.39, 0.29) is 17.4 Å². The number of hydrogen-bond donors (Lipinski definition) is 0. The van der Waals surface area contributed by atoms with Crippen LogP contribution in [-0.2, 0) is 14.9 Å². The van der Waals surface area contributed by atoms with Gasteiger partial charge in [-0.3, -0.25) is 4.79 Å². The van der Waals surface area contributed by atoms with Crippen LogP contribution in [-0.4, -0.2) is 67.2 Å². The predicted molar refractivity (Wildman–Crippen MR) is 116 cm³/mol. The molecule has 30 heavy (non-hydrogen) atoms. The number of anilines is 1. The molecule has 6 heteroatoms. The molecule has 3 heterocycles. The highest BCUT2D eigenvalue weighted by molar-refractivity contribution is 5.94. The number of rotatable bonds is 3. The summed E-state index contributed by atoms with van der Waals surface area (Å²) < 4.78 is 5.45. The molecule has 6 nitrogen and oxygen atoms in total. The Bertz CT molecular complexity index is 806. The number of para-hydroxylation sites is 1. The largest absolute Gasteiger partial charge is 0.449 e. The molecule has 3 fully saturated rings. The van der Waals surface area contributed by atoms with Gasteiger partial charge in [-0.1, -0.05) is 18.2 Å². The summed E-state index contributed by atoms with van der Waals surface area (Å²) in [5, 5.41) is 0. The lowest BCUT2D eigenvalue weighted by Gasteiger charge is -2.45. The molecule has 1 spiro atoms. The third-order valence-electron chi connectivity index (χ3n) is 7.74. The minimum atomic E-state index is -0.121. The molecule has 162 valence electrons. The molecule has 1 aromatic carbocycles. The van der Waals surface area contributed by atoms with Crippen molar-refractivity contribution in [3.05, 3.63) is 29.8 Å². The molecule has 0 atom stereocenters. The second kappa shape index (κ2) is 7.88. The van der Waals surface area contributed by atoms with Gasteiger partial charge >= 0.3 is 6.09 Å². The molecule has 0 bridgehead atoms. The number of amides is 2. The highest BCUT2D eigenvalue weighted by Gasteiger charge is 2.46. The van der Waals surface area contributed by atoms with Crippen molar-refractivity contribution in [2.75, 3.05) is 44.2 Å². The standard InChI is InChI=1S/C24H33N3O3/c1-18(28)27-17-24(21-4-2-3-5-22(21)27)10-14-25(15-11-24)20-8-12-26(13-9-20)23(29)30-16-19-6-7-19/h2-5,19-20H,6-17H2,1H3. The number of likely N-dealkylation sites (tertiary alicyclic amines) is 2. The van der Waals surface area contributed by atoms with Crippen LogP contribution in [0.15, 0.2) is 24.3 Å². The highest BCUT2D eigenvalue weighted by Crippen LogP contribution is 2.47. The molecular weight excluding hydrogens is 378 g/mol. The fourth-order valence-electron chi connectivity index (χ4n) is 5.63. The van der Waals surface area contributed by atoms with E-state index < -0.39 is 0 Å². The van der Waals surface area contributed by atoms with Crippen molar-refractivity contribution in [3.8, 4) is 0 Å². The molecular formula is C24H33N3O3. The van der Waals surface area contributed by atoms with Crippen LogP contribution >= 0.6 is 0 Å². The molecule has 0 N–H and O–H groups in total. The van der Waals surface area contributed by atoms with E-state index in [0.717, 1.165) is 64.1 Å². The molecule has 1 saturated carbocycles. The van der Waals surface area contributed by atoms with Crippen molar-refractivity contribution in [2.24, 2.45) is 5.92 Å². The van der Waals surface area contributed by atoms with Crippen LogP contribution in [0.3, 0.4) is 0 Å². The van der Waals surface area contributed by atoms with Crippen LogP contribution in [0.4, 0.5) is 10.5 Å². The lowest BCUT2D eigenvalue weighted by atomic mass is 9.74. The van der Waals surface area contributed by atoms with Gasteiger partial charge < -0.3 is 19.4 Å². The number of ether oxygens (including phenoxy) is 1. The van der Waals surface area contributed by atoms with Gasteiger partial charge in [-0.05, 0) is 69.2 Å². The van der Waals surface area contributed by atoms with Gasteiger partial charge in [-0.25, -0.2) is 4.79 Å². The number of fused-ring (bicyclic) bond motifs is 2. The molecule has 0 radical (unpaired) electrons. The summed E-state index contributed by atoms with van der Waals surface area (Å²) in [7, 11) is 0. The molecule has 4 aliphatic rings. The first-order chi connectivity index (χ1) is 14.6. The zero-order valence-corrected chi connectivity index (χ0v) is 18.0. The van der Waals surface area contributed by atoms with Gasteiger partial charge in [0.1, 0.15) is 0 Å². The summed E-state index contributed by atoms with van der Waals surface area (Å²) in [6.45, 7) is 6.84. The van der Waals surface area contributed by atoms with Crippen LogP contribution in [0.25, 0.3) is 0 Å². The second-order valence-corrected chi connectivity index (χ2v) is 9.68. The lowest BCUT2D eigenvalue weighted by molar-refractivity contribution is -0.116. The number of piperidine rings is 2. The van der Waals surface area contributed by atoms with Gasteiger partial charge in [0.2, 0.25) is 5.91 Å². The topological polar surface area (TPSA) is 53.1 Å². The van der Waals surface area contributed by atoms with Crippen LogP contribution in [0.1, 0.15) is 51.0 Å². The Morgan fingerprint density at radius 3 is 2.40 bits per heavy atom. The third kappa shape index (κ3) is 3.70. The quantitative estimate of drug-likeness (QED) is 0.765. The summed E-state index contributed by atoms with van der Waals surface area (Å²) in [5.74, 6) is 0.759. The van der Waals surface area contributed by atoms with Crippen molar-refractivity contribution < 1.29 is 14.3 Å². The molecule has 1 aliphatic carbocycles. The monoisotopic (exact) mass is 411 g/mol. The molecule has 0 aromatic heterocycles. The molecule has 3 aliphatic heterocycles. The Morgan fingerprint density at radius 1 is 1.03 bits per heavy atom. The van der Waals surface area contributed by atoms with Gasteiger partial charge in [-0.15, -0.1) is 0 Å². The van der Waals surface area contributed by atoms with E-state index in [1.807, 2.05) is 15.9 Å². The van der Waals surface area contributed by atoms with Gasteiger partial charge in [0.05, 0.1) is 6.61 Å². The summed E-state index contributed by atoms with van der Waals surface area (Å²) >= 11 is 0. The van der Waals surface area contributed by atoms with E-state index >= 15 is 0 Å². The normalized spacial score (nSPS) is 24.2. The van der Waals surface area contributed by atoms with Crippen molar-refractivity contribution >= 4 is 17.7 Å². The van der Waals surface area contributed by atoms with Crippen LogP contribution in [0, 0.1) is 5.92 Å². The number of carbonyl (C=O) groups is 2. The first kappa shape index (κ1) is 19.9. The zero-order valence-electron chi connectivity index (χ0n) is 18.0. The van der Waals surface area contributed by atoms with Gasteiger partial charge in [0, 0.05) is 43.7 Å². The highest BCUT2D eigenvalue weighted by atomic mass is 16.6. The molecule has 1 aromatic rings. The van der Waals surface area contributed by atoms with E-state index in [1.165, 1.54) is 18.4 Å². The smallest absolute Gasteiger partial charge is 0.409 e. The maximum absolute atomic E-state index is 12.2. The zero-order chi connectivity index (χ0) is 20.7. The third-order valence-corrected chi connectivity index (χ3v) is 7.74. The Hall–Kier alpha value is -2.08. The molecule has 0 unspecified atom stereocenters. The maximum atomic E-state index is 12.2. The summed E-state index contributed by atoms with van der Waals surface area (Å²) in [4.78, 5) is 30.9. The number of nitrogens with zero attached hydrogens (tertiary/aromatic N) is 3. The first-order valence-electron chi connectivity index (χ1n) is 11.6. The van der Waals surface area contributed by atoms with E-state index in [2.05, 4.69) is 23.1 Å². The summed E-state index contributed by atoms with van der Waals surface area (Å²) in [6, 6.07) is 9.01. The number of hydrogen-bond acceptors (Lipinski definition) is 4. The fraction of sp³-hybridized carbons (Fsp3) is 0.667. The molecule has 2 saturated heterocycles. The van der Waals surface area contributed by atoms with Crippen LogP contribution < -0.4 is 4.90 Å². The fourth-order valence-corrected chi connectivity index (χ4v) is 5.63. The van der Waals surface area contributed by atoms with E-state index in [1.54, 1.807) is 6.92 Å². The number of carbonyl (C=O) groups excluding carboxylic acids is 2. The van der Waals surface area contributed by atoms with Crippen molar-refractivity contribution in [3.63, 3.8) is 0 Å². The molecule has 5 rings (SSSR count). The average Bonchev–Trinajstić information content (AvgIpc) is 3.56. The van der Waals surface area contributed by atoms with E-state index in [4.69, 9.17) is 4.74 Å². The van der Waals surface area contributed by atoms with Crippen molar-refractivity contribution in [1.29, 1.82) is 0 Å². The van der Waals surface area contributed by atoms with Crippen LogP contribution in [0.5, 0.6) is 0 Å².